The number of carbonyl (C=O) groups excluding carboxylic acids is 2. The Morgan fingerprint density at radius 3 is 2.14 bits per heavy atom. The molecule has 0 fully saturated rings. The standard InChI is InChI=1S/C28H34N2O5/c1-5-10-24(25(31)29-16-18(26(32)33)15-28(2,3)4)30-27(34)35-17-23-21-13-8-6-11-19(21)20-12-7-9-14-22(20)23/h5-9,11-14,18,23-24H,1,10,15-17H2,2-4H3,(H,29,31)(H,30,34)(H,32,33). The highest BCUT2D eigenvalue weighted by Crippen LogP contribution is 2.44. The van der Waals surface area contributed by atoms with Crippen LogP contribution in [0.1, 0.15) is 50.7 Å². The first-order valence-corrected chi connectivity index (χ1v) is 11.8. The summed E-state index contributed by atoms with van der Waals surface area (Å²) in [5, 5.41) is 14.8. The van der Waals surface area contributed by atoms with Crippen molar-refractivity contribution >= 4 is 18.0 Å². The third kappa shape index (κ3) is 6.72. The fourth-order valence-electron chi connectivity index (χ4n) is 4.51. The topological polar surface area (TPSA) is 105 Å². The number of hydrogen-bond acceptors (Lipinski definition) is 4. The molecule has 2 amide bonds. The van der Waals surface area contributed by atoms with Gasteiger partial charge in [-0.25, -0.2) is 4.79 Å². The Hall–Kier alpha value is -3.61. The number of carbonyl (C=O) groups is 3. The number of nitrogens with one attached hydrogen (secondary N) is 2. The number of alkyl carbamates (subject to hydrolysis) is 1. The molecule has 0 saturated carbocycles. The van der Waals surface area contributed by atoms with E-state index in [1.165, 1.54) is 6.08 Å². The molecule has 35 heavy (non-hydrogen) atoms. The van der Waals surface area contributed by atoms with Gasteiger partial charge in [-0.05, 0) is 40.5 Å². The van der Waals surface area contributed by atoms with Gasteiger partial charge in [-0.3, -0.25) is 9.59 Å². The van der Waals surface area contributed by atoms with E-state index in [4.69, 9.17) is 4.74 Å². The van der Waals surface area contributed by atoms with Crippen LogP contribution in [-0.4, -0.2) is 42.3 Å². The zero-order valence-electron chi connectivity index (χ0n) is 20.5. The molecule has 2 aromatic carbocycles. The molecule has 1 aliphatic rings. The fourth-order valence-corrected chi connectivity index (χ4v) is 4.51. The van der Waals surface area contributed by atoms with Crippen molar-refractivity contribution < 1.29 is 24.2 Å². The van der Waals surface area contributed by atoms with Gasteiger partial charge in [0.1, 0.15) is 12.6 Å². The lowest BCUT2D eigenvalue weighted by Gasteiger charge is -2.24. The highest BCUT2D eigenvalue weighted by atomic mass is 16.5. The molecule has 0 saturated heterocycles. The Morgan fingerprint density at radius 1 is 1.06 bits per heavy atom. The maximum Gasteiger partial charge on any atom is 0.407 e. The summed E-state index contributed by atoms with van der Waals surface area (Å²) < 4.78 is 5.54. The summed E-state index contributed by atoms with van der Waals surface area (Å²) in [5.41, 5.74) is 4.25. The van der Waals surface area contributed by atoms with Crippen LogP contribution in [0.3, 0.4) is 0 Å². The lowest BCUT2D eigenvalue weighted by atomic mass is 9.84. The predicted molar refractivity (Wildman–Crippen MR) is 135 cm³/mol. The molecule has 0 heterocycles. The van der Waals surface area contributed by atoms with Crippen LogP contribution in [0.25, 0.3) is 11.1 Å². The largest absolute Gasteiger partial charge is 0.481 e. The minimum atomic E-state index is -0.968. The van der Waals surface area contributed by atoms with Crippen LogP contribution in [0.15, 0.2) is 61.2 Å². The van der Waals surface area contributed by atoms with Gasteiger partial charge in [0.25, 0.3) is 0 Å². The van der Waals surface area contributed by atoms with Gasteiger partial charge in [0.05, 0.1) is 5.92 Å². The van der Waals surface area contributed by atoms with E-state index < -0.39 is 29.9 Å². The van der Waals surface area contributed by atoms with Gasteiger partial charge in [-0.1, -0.05) is 75.4 Å². The van der Waals surface area contributed by atoms with Crippen LogP contribution in [0.2, 0.25) is 0 Å². The van der Waals surface area contributed by atoms with Crippen molar-refractivity contribution in [2.45, 2.75) is 45.6 Å². The highest BCUT2D eigenvalue weighted by molar-refractivity contribution is 5.86. The van der Waals surface area contributed by atoms with Gasteiger partial charge in [-0.15, -0.1) is 6.58 Å². The Bertz CT molecular complexity index is 1040. The van der Waals surface area contributed by atoms with E-state index in [1.807, 2.05) is 57.2 Å². The SMILES string of the molecule is C=CCC(NC(=O)OCC1c2ccccc2-c2ccccc21)C(=O)NCC(CC(C)(C)C)C(=O)O. The molecule has 7 nitrogen and oxygen atoms in total. The average molecular weight is 479 g/mol. The molecule has 3 rings (SSSR count). The highest BCUT2D eigenvalue weighted by Gasteiger charge is 2.30. The number of carboxylic acids is 1. The Kier molecular flexibility index (Phi) is 8.33. The first-order chi connectivity index (χ1) is 16.6. The van der Waals surface area contributed by atoms with E-state index in [2.05, 4.69) is 29.3 Å². The van der Waals surface area contributed by atoms with E-state index in [1.54, 1.807) is 0 Å². The molecule has 1 aliphatic carbocycles. The number of fused-ring (bicyclic) bond motifs is 3. The summed E-state index contributed by atoms with van der Waals surface area (Å²) in [6.07, 6.45) is 1.41. The van der Waals surface area contributed by atoms with E-state index in [0.717, 1.165) is 22.3 Å². The van der Waals surface area contributed by atoms with Crippen LogP contribution in [0.5, 0.6) is 0 Å². The molecule has 0 bridgehead atoms. The van der Waals surface area contributed by atoms with Crippen molar-refractivity contribution in [2.24, 2.45) is 11.3 Å². The van der Waals surface area contributed by atoms with E-state index in [9.17, 15) is 19.5 Å². The van der Waals surface area contributed by atoms with Gasteiger partial charge in [0, 0.05) is 12.5 Å². The van der Waals surface area contributed by atoms with Gasteiger partial charge in [0.15, 0.2) is 0 Å². The first-order valence-electron chi connectivity index (χ1n) is 11.8. The molecular weight excluding hydrogens is 444 g/mol. The third-order valence-electron chi connectivity index (χ3n) is 6.09. The molecule has 0 radical (unpaired) electrons. The van der Waals surface area contributed by atoms with Crippen molar-refractivity contribution in [3.63, 3.8) is 0 Å². The number of ether oxygens (including phenoxy) is 1. The minimum Gasteiger partial charge on any atom is -0.481 e. The minimum absolute atomic E-state index is 0.0224. The Morgan fingerprint density at radius 2 is 1.63 bits per heavy atom. The second-order valence-corrected chi connectivity index (χ2v) is 10.1. The van der Waals surface area contributed by atoms with Gasteiger partial charge in [0.2, 0.25) is 5.91 Å². The number of aliphatic carboxylic acids is 1. The average Bonchev–Trinajstić information content (AvgIpc) is 3.13. The van der Waals surface area contributed by atoms with Crippen molar-refractivity contribution in [2.75, 3.05) is 13.2 Å². The van der Waals surface area contributed by atoms with Gasteiger partial charge in [-0.2, -0.15) is 0 Å². The number of amides is 2. The maximum absolute atomic E-state index is 12.7. The lowest BCUT2D eigenvalue weighted by molar-refractivity contribution is -0.142. The summed E-state index contributed by atoms with van der Waals surface area (Å²) in [4.78, 5) is 36.9. The molecule has 0 aromatic heterocycles. The number of rotatable bonds is 10. The van der Waals surface area contributed by atoms with Crippen molar-refractivity contribution in [3.05, 3.63) is 72.3 Å². The Labute approximate surface area is 206 Å². The van der Waals surface area contributed by atoms with Gasteiger partial charge >= 0.3 is 12.1 Å². The maximum atomic E-state index is 12.7. The van der Waals surface area contributed by atoms with Crippen LogP contribution in [-0.2, 0) is 14.3 Å². The molecule has 3 N–H and O–H groups in total. The summed E-state index contributed by atoms with van der Waals surface area (Å²) >= 11 is 0. The van der Waals surface area contributed by atoms with Crippen LogP contribution in [0, 0.1) is 11.3 Å². The quantitative estimate of drug-likeness (QED) is 0.429. The summed E-state index contributed by atoms with van der Waals surface area (Å²) in [7, 11) is 0. The molecule has 0 aliphatic heterocycles. The molecule has 2 aromatic rings. The first kappa shape index (κ1) is 26.0. The number of hydrogen-bond donors (Lipinski definition) is 3. The number of carboxylic acid groups (broad SMARTS) is 1. The molecule has 7 heteroatoms. The Balaban J connectivity index is 1.60. The molecule has 2 unspecified atom stereocenters. The number of benzene rings is 2. The van der Waals surface area contributed by atoms with Crippen LogP contribution >= 0.6 is 0 Å². The summed E-state index contributed by atoms with van der Waals surface area (Å²) in [6.45, 7) is 9.61. The van der Waals surface area contributed by atoms with E-state index in [-0.39, 0.29) is 30.9 Å². The molecule has 2 atom stereocenters. The zero-order valence-corrected chi connectivity index (χ0v) is 20.5. The van der Waals surface area contributed by atoms with Crippen LogP contribution in [0.4, 0.5) is 4.79 Å². The van der Waals surface area contributed by atoms with Crippen LogP contribution < -0.4 is 10.6 Å². The predicted octanol–water partition coefficient (Wildman–Crippen LogP) is 4.72. The van der Waals surface area contributed by atoms with Crippen molar-refractivity contribution in [1.29, 1.82) is 0 Å². The second-order valence-electron chi connectivity index (χ2n) is 10.1. The summed E-state index contributed by atoms with van der Waals surface area (Å²) in [5.74, 6) is -2.25. The summed E-state index contributed by atoms with van der Waals surface area (Å²) in [6, 6.07) is 15.2. The van der Waals surface area contributed by atoms with Gasteiger partial charge < -0.3 is 20.5 Å². The molecule has 0 spiro atoms. The molecular formula is C28H34N2O5. The smallest absolute Gasteiger partial charge is 0.407 e. The van der Waals surface area contributed by atoms with Crippen molar-refractivity contribution in [1.82, 2.24) is 10.6 Å². The lowest BCUT2D eigenvalue weighted by Crippen LogP contribution is -2.48. The normalized spacial score (nSPS) is 14.3. The zero-order chi connectivity index (χ0) is 25.6. The monoisotopic (exact) mass is 478 g/mol. The van der Waals surface area contributed by atoms with E-state index in [0.29, 0.717) is 6.42 Å². The third-order valence-corrected chi connectivity index (χ3v) is 6.09. The molecule has 186 valence electrons. The van der Waals surface area contributed by atoms with E-state index >= 15 is 0 Å². The second kappa shape index (κ2) is 11.2. The fraction of sp³-hybridized carbons (Fsp3) is 0.393. The van der Waals surface area contributed by atoms with Crippen molar-refractivity contribution in [3.8, 4) is 11.1 Å².